The number of hydrogen-bond acceptors (Lipinski definition) is 2. The first-order valence-electron chi connectivity index (χ1n) is 6.12. The molecule has 110 valence electrons. The van der Waals surface area contributed by atoms with Crippen molar-refractivity contribution < 1.29 is 9.59 Å². The van der Waals surface area contributed by atoms with Crippen molar-refractivity contribution in [3.05, 3.63) is 33.3 Å². The van der Waals surface area contributed by atoms with Gasteiger partial charge in [-0.2, -0.15) is 0 Å². The molecule has 0 heterocycles. The molecular weight excluding hydrogens is 321 g/mol. The van der Waals surface area contributed by atoms with E-state index in [-0.39, 0.29) is 27.3 Å². The smallest absolute Gasteiger partial charge is 0.255 e. The van der Waals surface area contributed by atoms with Crippen LogP contribution in [0.1, 0.15) is 36.2 Å². The van der Waals surface area contributed by atoms with E-state index in [1.54, 1.807) is 26.0 Å². The number of rotatable bonds is 5. The highest BCUT2D eigenvalue weighted by atomic mass is 35.5. The molecule has 0 aliphatic carbocycles. The average molecular weight is 337 g/mol. The maximum absolute atomic E-state index is 12.3. The zero-order valence-corrected chi connectivity index (χ0v) is 13.8. The third-order valence-electron chi connectivity index (χ3n) is 3.25. The quantitative estimate of drug-likeness (QED) is 0.826. The predicted molar refractivity (Wildman–Crippen MR) is 83.1 cm³/mol. The molecule has 6 heteroatoms. The lowest BCUT2D eigenvalue weighted by Gasteiger charge is -2.27. The number of aryl methyl sites for hydroxylation is 1. The summed E-state index contributed by atoms with van der Waals surface area (Å²) in [6.45, 7) is 5.25. The maximum atomic E-state index is 12.3. The Morgan fingerprint density at radius 2 is 1.75 bits per heavy atom. The highest BCUT2D eigenvalue weighted by Crippen LogP contribution is 2.27. The lowest BCUT2D eigenvalue weighted by atomic mass is 9.93. The number of carbonyl (C=O) groups excluding carboxylic acids is 2. The van der Waals surface area contributed by atoms with Crippen LogP contribution >= 0.6 is 34.8 Å². The van der Waals surface area contributed by atoms with E-state index in [1.807, 2.05) is 6.92 Å². The van der Waals surface area contributed by atoms with Gasteiger partial charge in [-0.1, -0.05) is 30.1 Å². The van der Waals surface area contributed by atoms with E-state index < -0.39 is 11.4 Å². The standard InChI is InChI=1S/C14H16Cl3NO2/c1-4-14(3,11(19)7-15)18-13(20)12-9(16)5-8(2)6-10(12)17/h5-6H,4,7H2,1-3H3,(H,18,20). The number of carbonyl (C=O) groups is 2. The van der Waals surface area contributed by atoms with E-state index in [9.17, 15) is 9.59 Å². The van der Waals surface area contributed by atoms with Gasteiger partial charge in [0.2, 0.25) is 0 Å². The first kappa shape index (κ1) is 17.3. The van der Waals surface area contributed by atoms with Gasteiger partial charge in [0, 0.05) is 0 Å². The minimum atomic E-state index is -1.03. The third kappa shape index (κ3) is 3.66. The van der Waals surface area contributed by atoms with Crippen LogP contribution in [0.5, 0.6) is 0 Å². The minimum Gasteiger partial charge on any atom is -0.340 e. The van der Waals surface area contributed by atoms with Crippen LogP contribution in [0, 0.1) is 6.92 Å². The van der Waals surface area contributed by atoms with Crippen LogP contribution in [-0.2, 0) is 4.79 Å². The monoisotopic (exact) mass is 335 g/mol. The second kappa shape index (κ2) is 6.79. The Hall–Kier alpha value is -0.770. The minimum absolute atomic E-state index is 0.167. The van der Waals surface area contributed by atoms with Gasteiger partial charge in [0.25, 0.3) is 5.91 Å². The fraction of sp³-hybridized carbons (Fsp3) is 0.429. The van der Waals surface area contributed by atoms with Crippen LogP contribution in [0.25, 0.3) is 0 Å². The van der Waals surface area contributed by atoms with E-state index in [1.165, 1.54) is 0 Å². The predicted octanol–water partition coefficient (Wildman–Crippen LogP) is 4.01. The number of hydrogen-bond donors (Lipinski definition) is 1. The van der Waals surface area contributed by atoms with Gasteiger partial charge in [-0.25, -0.2) is 0 Å². The van der Waals surface area contributed by atoms with Crippen LogP contribution in [-0.4, -0.2) is 23.1 Å². The van der Waals surface area contributed by atoms with Gasteiger partial charge in [0.1, 0.15) is 0 Å². The lowest BCUT2D eigenvalue weighted by molar-refractivity contribution is -0.122. The van der Waals surface area contributed by atoms with Crippen molar-refractivity contribution in [3.8, 4) is 0 Å². The van der Waals surface area contributed by atoms with E-state index in [0.717, 1.165) is 5.56 Å². The summed E-state index contributed by atoms with van der Waals surface area (Å²) in [7, 11) is 0. The first-order chi connectivity index (χ1) is 9.25. The molecular formula is C14H16Cl3NO2. The highest BCUT2D eigenvalue weighted by molar-refractivity contribution is 6.40. The molecule has 1 amide bonds. The van der Waals surface area contributed by atoms with Crippen molar-refractivity contribution in [3.63, 3.8) is 0 Å². The summed E-state index contributed by atoms with van der Waals surface area (Å²) in [5, 5.41) is 3.18. The number of ketones is 1. The zero-order chi connectivity index (χ0) is 15.5. The van der Waals surface area contributed by atoms with Crippen LogP contribution in [0.3, 0.4) is 0 Å². The molecule has 1 N–H and O–H groups in total. The molecule has 1 aromatic carbocycles. The molecule has 20 heavy (non-hydrogen) atoms. The number of nitrogens with one attached hydrogen (secondary N) is 1. The van der Waals surface area contributed by atoms with E-state index in [0.29, 0.717) is 6.42 Å². The summed E-state index contributed by atoms with van der Waals surface area (Å²) in [6, 6.07) is 3.30. The summed E-state index contributed by atoms with van der Waals surface area (Å²) < 4.78 is 0. The van der Waals surface area contributed by atoms with Crippen molar-refractivity contribution in [2.75, 3.05) is 5.88 Å². The van der Waals surface area contributed by atoms with Crippen molar-refractivity contribution in [2.24, 2.45) is 0 Å². The Labute approximate surface area is 133 Å². The normalized spacial score (nSPS) is 13.7. The van der Waals surface area contributed by atoms with Crippen LogP contribution in [0.4, 0.5) is 0 Å². The van der Waals surface area contributed by atoms with E-state index >= 15 is 0 Å². The van der Waals surface area contributed by atoms with Crippen molar-refractivity contribution >= 4 is 46.5 Å². The van der Waals surface area contributed by atoms with Crippen LogP contribution < -0.4 is 5.32 Å². The van der Waals surface area contributed by atoms with Gasteiger partial charge >= 0.3 is 0 Å². The van der Waals surface area contributed by atoms with Gasteiger partial charge in [-0.3, -0.25) is 9.59 Å². The molecule has 0 saturated carbocycles. The van der Waals surface area contributed by atoms with Crippen LogP contribution in [0.15, 0.2) is 12.1 Å². The molecule has 0 radical (unpaired) electrons. The summed E-state index contributed by atoms with van der Waals surface area (Å²) in [5.74, 6) is -0.905. The fourth-order valence-electron chi connectivity index (χ4n) is 1.73. The molecule has 0 fully saturated rings. The largest absolute Gasteiger partial charge is 0.340 e. The molecule has 1 atom stereocenters. The molecule has 0 aromatic heterocycles. The van der Waals surface area contributed by atoms with Gasteiger partial charge in [-0.15, -0.1) is 11.6 Å². The summed E-state index contributed by atoms with van der Waals surface area (Å²) in [5.41, 5.74) is -0.0104. The van der Waals surface area contributed by atoms with Crippen molar-refractivity contribution in [1.82, 2.24) is 5.32 Å². The molecule has 0 bridgehead atoms. The molecule has 0 aliphatic heterocycles. The maximum Gasteiger partial charge on any atom is 0.255 e. The summed E-state index contributed by atoms with van der Waals surface area (Å²) >= 11 is 17.7. The number of amides is 1. The number of Topliss-reactive ketones (excluding diaryl/α,β-unsaturated/α-hetero) is 1. The third-order valence-corrected chi connectivity index (χ3v) is 4.09. The SMILES string of the molecule is CCC(C)(NC(=O)c1c(Cl)cc(C)cc1Cl)C(=O)CCl. The van der Waals surface area contributed by atoms with Gasteiger partial charge < -0.3 is 5.32 Å². The molecule has 1 unspecified atom stereocenters. The molecule has 1 aromatic rings. The second-order valence-corrected chi connectivity index (χ2v) is 5.88. The Balaban J connectivity index is 3.11. The Kier molecular flexibility index (Phi) is 5.87. The lowest BCUT2D eigenvalue weighted by Crippen LogP contribution is -2.52. The summed E-state index contributed by atoms with van der Waals surface area (Å²) in [6.07, 6.45) is 0.422. The number of benzene rings is 1. The van der Waals surface area contributed by atoms with E-state index in [2.05, 4.69) is 5.32 Å². The number of alkyl halides is 1. The fourth-order valence-corrected chi connectivity index (χ4v) is 2.80. The Bertz CT molecular complexity index is 522. The van der Waals surface area contributed by atoms with Crippen LogP contribution in [0.2, 0.25) is 10.0 Å². The average Bonchev–Trinajstić information content (AvgIpc) is 2.36. The highest BCUT2D eigenvalue weighted by Gasteiger charge is 2.33. The Morgan fingerprint density at radius 3 is 2.15 bits per heavy atom. The Morgan fingerprint density at radius 1 is 1.25 bits per heavy atom. The van der Waals surface area contributed by atoms with Gasteiger partial charge in [0.15, 0.2) is 5.78 Å². The van der Waals surface area contributed by atoms with E-state index in [4.69, 9.17) is 34.8 Å². The van der Waals surface area contributed by atoms with Crippen molar-refractivity contribution in [1.29, 1.82) is 0 Å². The number of halogens is 3. The molecule has 0 spiro atoms. The molecule has 1 rings (SSSR count). The summed E-state index contributed by atoms with van der Waals surface area (Å²) in [4.78, 5) is 24.2. The van der Waals surface area contributed by atoms with Crippen molar-refractivity contribution in [2.45, 2.75) is 32.7 Å². The second-order valence-electron chi connectivity index (χ2n) is 4.80. The molecule has 0 aliphatic rings. The topological polar surface area (TPSA) is 46.2 Å². The zero-order valence-electron chi connectivity index (χ0n) is 11.5. The first-order valence-corrected chi connectivity index (χ1v) is 7.41. The molecule has 0 saturated heterocycles. The van der Waals surface area contributed by atoms with Gasteiger partial charge in [0.05, 0.1) is 27.0 Å². The molecule has 3 nitrogen and oxygen atoms in total. The van der Waals surface area contributed by atoms with Gasteiger partial charge in [-0.05, 0) is 38.0 Å².